The Bertz CT molecular complexity index is 543. The third-order valence-electron chi connectivity index (χ3n) is 3.77. The van der Waals surface area contributed by atoms with Gasteiger partial charge in [-0.15, -0.1) is 0 Å². The molecule has 0 atom stereocenters. The molecule has 0 aromatic heterocycles. The van der Waals surface area contributed by atoms with Gasteiger partial charge in [0.05, 0.1) is 4.92 Å². The van der Waals surface area contributed by atoms with E-state index < -0.39 is 10.7 Å². The highest BCUT2D eigenvalue weighted by atomic mass is 19.1. The molecule has 1 aliphatic heterocycles. The highest BCUT2D eigenvalue weighted by molar-refractivity contribution is 5.77. The van der Waals surface area contributed by atoms with Gasteiger partial charge in [0.25, 0.3) is 5.69 Å². The number of nitro groups is 1. The third-order valence-corrected chi connectivity index (χ3v) is 3.77. The van der Waals surface area contributed by atoms with Gasteiger partial charge < -0.3 is 10.2 Å². The minimum Gasteiger partial charge on any atom is -0.379 e. The van der Waals surface area contributed by atoms with E-state index in [2.05, 4.69) is 5.32 Å². The molecule has 0 saturated carbocycles. The number of nitrogens with one attached hydrogen (secondary N) is 1. The minimum atomic E-state index is -0.571. The number of halogens is 1. The predicted molar refractivity (Wildman–Crippen MR) is 81.2 cm³/mol. The van der Waals surface area contributed by atoms with Crippen molar-refractivity contribution in [1.29, 1.82) is 0 Å². The van der Waals surface area contributed by atoms with Crippen LogP contribution in [0.3, 0.4) is 0 Å². The Hall–Kier alpha value is -2.18. The molecule has 1 amide bonds. The number of anilines is 1. The maximum absolute atomic E-state index is 13.2. The van der Waals surface area contributed by atoms with E-state index in [0.29, 0.717) is 0 Å². The van der Waals surface area contributed by atoms with Crippen molar-refractivity contribution in [1.82, 2.24) is 4.90 Å². The lowest BCUT2D eigenvalue weighted by Gasteiger charge is -2.20. The zero-order chi connectivity index (χ0) is 15.9. The lowest BCUT2D eigenvalue weighted by Crippen LogP contribution is -2.32. The summed E-state index contributed by atoms with van der Waals surface area (Å²) in [7, 11) is 0. The lowest BCUT2D eigenvalue weighted by atomic mass is 10.2. The van der Waals surface area contributed by atoms with Crippen molar-refractivity contribution in [3.63, 3.8) is 0 Å². The standard InChI is InChI=1S/C15H20FN3O3/c16-12-5-6-14(19(21)22)13(11-12)17-8-7-15(20)18-9-3-1-2-4-10-18/h5-6,11,17H,1-4,7-10H2. The fourth-order valence-electron chi connectivity index (χ4n) is 2.59. The van der Waals surface area contributed by atoms with Gasteiger partial charge >= 0.3 is 0 Å². The van der Waals surface area contributed by atoms with Crippen molar-refractivity contribution >= 4 is 17.3 Å². The number of carbonyl (C=O) groups excluding carboxylic acids is 1. The van der Waals surface area contributed by atoms with E-state index in [-0.39, 0.29) is 30.2 Å². The number of hydrogen-bond acceptors (Lipinski definition) is 4. The van der Waals surface area contributed by atoms with Crippen molar-refractivity contribution in [2.75, 3.05) is 25.0 Å². The number of nitrogens with zero attached hydrogens (tertiary/aromatic N) is 2. The summed E-state index contributed by atoms with van der Waals surface area (Å²) in [6.45, 7) is 1.80. The van der Waals surface area contributed by atoms with Crippen LogP contribution in [0.15, 0.2) is 18.2 Å². The number of nitro benzene ring substituents is 1. The lowest BCUT2D eigenvalue weighted by molar-refractivity contribution is -0.384. The molecule has 1 heterocycles. The molecule has 1 N–H and O–H groups in total. The quantitative estimate of drug-likeness (QED) is 0.670. The minimum absolute atomic E-state index is 0.0356. The number of benzene rings is 1. The summed E-state index contributed by atoms with van der Waals surface area (Å²) in [5.41, 5.74) is -0.0858. The van der Waals surface area contributed by atoms with Gasteiger partial charge in [-0.1, -0.05) is 12.8 Å². The maximum Gasteiger partial charge on any atom is 0.292 e. The largest absolute Gasteiger partial charge is 0.379 e. The van der Waals surface area contributed by atoms with E-state index in [0.717, 1.165) is 57.0 Å². The van der Waals surface area contributed by atoms with Crippen LogP contribution in [0.1, 0.15) is 32.1 Å². The number of carbonyl (C=O) groups is 1. The Morgan fingerprint density at radius 3 is 2.59 bits per heavy atom. The molecular weight excluding hydrogens is 289 g/mol. The van der Waals surface area contributed by atoms with Crippen LogP contribution in [0.2, 0.25) is 0 Å². The van der Waals surface area contributed by atoms with E-state index in [9.17, 15) is 19.3 Å². The zero-order valence-corrected chi connectivity index (χ0v) is 12.4. The average Bonchev–Trinajstić information content (AvgIpc) is 2.76. The highest BCUT2D eigenvalue weighted by Gasteiger charge is 2.17. The molecule has 1 aliphatic rings. The maximum atomic E-state index is 13.2. The molecule has 2 rings (SSSR count). The Morgan fingerprint density at radius 2 is 1.95 bits per heavy atom. The molecular formula is C15H20FN3O3. The van der Waals surface area contributed by atoms with Crippen LogP contribution < -0.4 is 5.32 Å². The first-order chi connectivity index (χ1) is 10.6. The number of rotatable bonds is 5. The van der Waals surface area contributed by atoms with E-state index in [1.54, 1.807) is 0 Å². The fourth-order valence-corrected chi connectivity index (χ4v) is 2.59. The Balaban J connectivity index is 1.89. The smallest absolute Gasteiger partial charge is 0.292 e. The molecule has 0 aliphatic carbocycles. The van der Waals surface area contributed by atoms with Crippen LogP contribution in [0.5, 0.6) is 0 Å². The summed E-state index contributed by atoms with van der Waals surface area (Å²) in [5.74, 6) is -0.514. The van der Waals surface area contributed by atoms with Crippen molar-refractivity contribution in [3.8, 4) is 0 Å². The van der Waals surface area contributed by atoms with Crippen LogP contribution in [-0.4, -0.2) is 35.4 Å². The van der Waals surface area contributed by atoms with Crippen molar-refractivity contribution in [3.05, 3.63) is 34.1 Å². The first-order valence-electron chi connectivity index (χ1n) is 7.53. The molecule has 1 aromatic carbocycles. The average molecular weight is 309 g/mol. The second-order valence-electron chi connectivity index (χ2n) is 5.39. The highest BCUT2D eigenvalue weighted by Crippen LogP contribution is 2.24. The van der Waals surface area contributed by atoms with Crippen molar-refractivity contribution in [2.45, 2.75) is 32.1 Å². The molecule has 1 saturated heterocycles. The number of amides is 1. The summed E-state index contributed by atoms with van der Waals surface area (Å²) in [6.07, 6.45) is 4.59. The van der Waals surface area contributed by atoms with Crippen LogP contribution in [-0.2, 0) is 4.79 Å². The van der Waals surface area contributed by atoms with Gasteiger partial charge in [-0.3, -0.25) is 14.9 Å². The second-order valence-corrected chi connectivity index (χ2v) is 5.39. The van der Waals surface area contributed by atoms with E-state index in [1.807, 2.05) is 4.90 Å². The number of hydrogen-bond donors (Lipinski definition) is 1. The normalized spacial score (nSPS) is 15.2. The van der Waals surface area contributed by atoms with Crippen LogP contribution in [0.4, 0.5) is 15.8 Å². The molecule has 0 unspecified atom stereocenters. The van der Waals surface area contributed by atoms with E-state index in [1.165, 1.54) is 0 Å². The van der Waals surface area contributed by atoms with E-state index >= 15 is 0 Å². The first-order valence-corrected chi connectivity index (χ1v) is 7.53. The summed E-state index contributed by atoms with van der Waals surface area (Å²) in [5, 5.41) is 13.7. The van der Waals surface area contributed by atoms with Gasteiger partial charge in [0.15, 0.2) is 0 Å². The summed E-state index contributed by atoms with van der Waals surface area (Å²) < 4.78 is 13.2. The topological polar surface area (TPSA) is 75.5 Å². The molecule has 120 valence electrons. The molecule has 1 aromatic rings. The molecule has 0 spiro atoms. The Morgan fingerprint density at radius 1 is 1.27 bits per heavy atom. The van der Waals surface area contributed by atoms with Crippen LogP contribution in [0, 0.1) is 15.9 Å². The predicted octanol–water partition coefficient (Wildman–Crippen LogP) is 2.94. The van der Waals surface area contributed by atoms with Crippen LogP contribution in [0.25, 0.3) is 0 Å². The zero-order valence-electron chi connectivity index (χ0n) is 12.4. The van der Waals surface area contributed by atoms with Crippen LogP contribution >= 0.6 is 0 Å². The van der Waals surface area contributed by atoms with Gasteiger partial charge in [-0.25, -0.2) is 4.39 Å². The van der Waals surface area contributed by atoms with E-state index in [4.69, 9.17) is 0 Å². The van der Waals surface area contributed by atoms with Crippen molar-refractivity contribution < 1.29 is 14.1 Å². The van der Waals surface area contributed by atoms with Gasteiger partial charge in [0.1, 0.15) is 11.5 Å². The SMILES string of the molecule is O=C(CCNc1cc(F)ccc1[N+](=O)[O-])N1CCCCCC1. The van der Waals surface area contributed by atoms with Gasteiger partial charge in [0.2, 0.25) is 5.91 Å². The fraction of sp³-hybridized carbons (Fsp3) is 0.533. The monoisotopic (exact) mass is 309 g/mol. The molecule has 0 bridgehead atoms. The molecule has 1 fully saturated rings. The van der Waals surface area contributed by atoms with Crippen molar-refractivity contribution in [2.24, 2.45) is 0 Å². The Kier molecular flexibility index (Phi) is 5.68. The number of likely N-dealkylation sites (tertiary alicyclic amines) is 1. The summed E-state index contributed by atoms with van der Waals surface area (Å²) in [4.78, 5) is 24.3. The summed E-state index contributed by atoms with van der Waals surface area (Å²) in [6, 6.07) is 3.24. The molecule has 6 nitrogen and oxygen atoms in total. The Labute approximate surface area is 128 Å². The summed E-state index contributed by atoms with van der Waals surface area (Å²) >= 11 is 0. The first kappa shape index (κ1) is 16.2. The molecule has 0 radical (unpaired) electrons. The van der Waals surface area contributed by atoms with Gasteiger partial charge in [-0.2, -0.15) is 0 Å². The van der Waals surface area contributed by atoms with Gasteiger partial charge in [-0.05, 0) is 18.9 Å². The third kappa shape index (κ3) is 4.41. The molecule has 7 heteroatoms. The molecule has 22 heavy (non-hydrogen) atoms. The second kappa shape index (κ2) is 7.72. The van der Waals surface area contributed by atoms with Gasteiger partial charge in [0, 0.05) is 38.2 Å².